The van der Waals surface area contributed by atoms with E-state index in [1.807, 2.05) is 0 Å². The Hall–Kier alpha value is -1.91. The molecule has 0 unspecified atom stereocenters. The molecule has 18 heavy (non-hydrogen) atoms. The smallest absolute Gasteiger partial charge is 0.261 e. The molecule has 1 N–H and O–H groups in total. The lowest BCUT2D eigenvalue weighted by atomic mass is 9.92. The van der Waals surface area contributed by atoms with Crippen molar-refractivity contribution < 1.29 is 14.0 Å². The minimum Gasteiger partial charge on any atom is -0.507 e. The highest BCUT2D eigenvalue weighted by Crippen LogP contribution is 2.29. The number of nitrogens with zero attached hydrogens (tertiary/aromatic N) is 2. The van der Waals surface area contributed by atoms with E-state index in [1.54, 1.807) is 0 Å². The average Bonchev–Trinajstić information content (AvgIpc) is 2.63. The number of aromatic hydroxyl groups is 1. The third-order valence-electron chi connectivity index (χ3n) is 2.35. The van der Waals surface area contributed by atoms with Crippen LogP contribution in [0.2, 0.25) is 0 Å². The number of hydrogen-bond acceptors (Lipinski definition) is 4. The lowest BCUT2D eigenvalue weighted by Crippen LogP contribution is -2.10. The van der Waals surface area contributed by atoms with Crippen LogP contribution in [0, 0.1) is 11.2 Å². The molecule has 5 heteroatoms. The predicted molar refractivity (Wildman–Crippen MR) is 64.5 cm³/mol. The molecule has 0 aliphatic carbocycles. The molecule has 1 aromatic carbocycles. The standard InChI is InChI=1S/C13H15FN2O2/c1-13(2,3)7-11-15-12(18-16-11)9-5-4-8(14)6-10(9)17/h4-6,17H,7H2,1-3H3. The first kappa shape index (κ1) is 12.5. The molecule has 0 fully saturated rings. The van der Waals surface area contributed by atoms with Gasteiger partial charge in [-0.15, -0.1) is 0 Å². The first-order chi connectivity index (χ1) is 8.35. The Kier molecular flexibility index (Phi) is 3.07. The van der Waals surface area contributed by atoms with E-state index >= 15 is 0 Å². The van der Waals surface area contributed by atoms with Crippen molar-refractivity contribution in [2.75, 3.05) is 0 Å². The number of phenols is 1. The van der Waals surface area contributed by atoms with E-state index in [1.165, 1.54) is 12.1 Å². The molecule has 0 atom stereocenters. The van der Waals surface area contributed by atoms with Gasteiger partial charge in [0, 0.05) is 12.5 Å². The number of aromatic nitrogens is 2. The van der Waals surface area contributed by atoms with Gasteiger partial charge in [0.25, 0.3) is 5.89 Å². The van der Waals surface area contributed by atoms with Crippen LogP contribution in [0.4, 0.5) is 4.39 Å². The molecule has 0 aliphatic heterocycles. The molecule has 1 heterocycles. The van der Waals surface area contributed by atoms with Crippen LogP contribution in [0.3, 0.4) is 0 Å². The molecule has 0 saturated heterocycles. The number of halogens is 1. The lowest BCUT2D eigenvalue weighted by molar-refractivity contribution is 0.374. The molecule has 0 bridgehead atoms. The summed E-state index contributed by atoms with van der Waals surface area (Å²) in [6.45, 7) is 6.20. The van der Waals surface area contributed by atoms with Gasteiger partial charge in [-0.05, 0) is 17.5 Å². The summed E-state index contributed by atoms with van der Waals surface area (Å²) in [6, 6.07) is 3.67. The van der Waals surface area contributed by atoms with E-state index in [0.29, 0.717) is 17.8 Å². The molecular weight excluding hydrogens is 235 g/mol. The van der Waals surface area contributed by atoms with Crippen molar-refractivity contribution in [3.63, 3.8) is 0 Å². The van der Waals surface area contributed by atoms with Gasteiger partial charge >= 0.3 is 0 Å². The van der Waals surface area contributed by atoms with E-state index in [4.69, 9.17) is 4.52 Å². The number of benzene rings is 1. The molecule has 0 amide bonds. The van der Waals surface area contributed by atoms with Crippen LogP contribution in [-0.2, 0) is 6.42 Å². The SMILES string of the molecule is CC(C)(C)Cc1noc(-c2ccc(F)cc2O)n1. The third kappa shape index (κ3) is 2.85. The van der Waals surface area contributed by atoms with Crippen LogP contribution in [0.15, 0.2) is 22.7 Å². The van der Waals surface area contributed by atoms with Gasteiger partial charge in [-0.25, -0.2) is 4.39 Å². The summed E-state index contributed by atoms with van der Waals surface area (Å²) < 4.78 is 17.9. The summed E-state index contributed by atoms with van der Waals surface area (Å²) in [6.07, 6.45) is 0.665. The Labute approximate surface area is 104 Å². The highest BCUT2D eigenvalue weighted by atomic mass is 19.1. The number of hydrogen-bond donors (Lipinski definition) is 1. The fraction of sp³-hybridized carbons (Fsp3) is 0.385. The largest absolute Gasteiger partial charge is 0.507 e. The van der Waals surface area contributed by atoms with E-state index < -0.39 is 5.82 Å². The van der Waals surface area contributed by atoms with Crippen molar-refractivity contribution in [3.05, 3.63) is 29.8 Å². The summed E-state index contributed by atoms with van der Waals surface area (Å²) in [7, 11) is 0. The number of phenolic OH excluding ortho intramolecular Hbond substituents is 1. The van der Waals surface area contributed by atoms with Crippen molar-refractivity contribution >= 4 is 0 Å². The fourth-order valence-electron chi connectivity index (χ4n) is 1.60. The van der Waals surface area contributed by atoms with Crippen molar-refractivity contribution in [1.29, 1.82) is 0 Å². The first-order valence-corrected chi connectivity index (χ1v) is 5.67. The molecule has 0 radical (unpaired) electrons. The monoisotopic (exact) mass is 250 g/mol. The highest BCUT2D eigenvalue weighted by molar-refractivity contribution is 5.61. The highest BCUT2D eigenvalue weighted by Gasteiger charge is 2.18. The third-order valence-corrected chi connectivity index (χ3v) is 2.35. The van der Waals surface area contributed by atoms with Gasteiger partial charge in [0.2, 0.25) is 0 Å². The van der Waals surface area contributed by atoms with E-state index in [-0.39, 0.29) is 17.1 Å². The van der Waals surface area contributed by atoms with Gasteiger partial charge in [-0.3, -0.25) is 0 Å². The van der Waals surface area contributed by atoms with Gasteiger partial charge in [-0.1, -0.05) is 25.9 Å². The van der Waals surface area contributed by atoms with Crippen molar-refractivity contribution in [2.24, 2.45) is 5.41 Å². The summed E-state index contributed by atoms with van der Waals surface area (Å²) in [5, 5.41) is 13.5. The molecular formula is C13H15FN2O2. The summed E-state index contributed by atoms with van der Waals surface area (Å²) >= 11 is 0. The van der Waals surface area contributed by atoms with Crippen molar-refractivity contribution in [1.82, 2.24) is 10.1 Å². The van der Waals surface area contributed by atoms with Crippen molar-refractivity contribution in [2.45, 2.75) is 27.2 Å². The molecule has 0 aliphatic rings. The summed E-state index contributed by atoms with van der Waals surface area (Å²) in [5.41, 5.74) is 0.385. The maximum Gasteiger partial charge on any atom is 0.261 e. The van der Waals surface area contributed by atoms with Crippen LogP contribution in [0.25, 0.3) is 11.5 Å². The van der Waals surface area contributed by atoms with E-state index in [2.05, 4.69) is 30.9 Å². The van der Waals surface area contributed by atoms with Crippen molar-refractivity contribution in [3.8, 4) is 17.2 Å². The second-order valence-electron chi connectivity index (χ2n) is 5.41. The Morgan fingerprint density at radius 1 is 1.33 bits per heavy atom. The zero-order valence-electron chi connectivity index (χ0n) is 10.6. The Morgan fingerprint density at radius 3 is 2.67 bits per heavy atom. The molecule has 0 spiro atoms. The van der Waals surface area contributed by atoms with Gasteiger partial charge in [-0.2, -0.15) is 4.98 Å². The quantitative estimate of drug-likeness (QED) is 0.889. The van der Waals surface area contributed by atoms with Gasteiger partial charge in [0.15, 0.2) is 5.82 Å². The van der Waals surface area contributed by atoms with Crippen LogP contribution in [0.5, 0.6) is 5.75 Å². The summed E-state index contributed by atoms with van der Waals surface area (Å²) in [4.78, 5) is 4.20. The van der Waals surface area contributed by atoms with Crippen LogP contribution >= 0.6 is 0 Å². The zero-order valence-corrected chi connectivity index (χ0v) is 10.6. The van der Waals surface area contributed by atoms with Crippen LogP contribution < -0.4 is 0 Å². The van der Waals surface area contributed by atoms with E-state index in [9.17, 15) is 9.50 Å². The minimum absolute atomic E-state index is 0.0476. The second kappa shape index (κ2) is 4.40. The first-order valence-electron chi connectivity index (χ1n) is 5.67. The molecule has 2 rings (SSSR count). The molecule has 2 aromatic rings. The number of rotatable bonds is 2. The Balaban J connectivity index is 2.29. The van der Waals surface area contributed by atoms with Gasteiger partial charge in [0.05, 0.1) is 5.56 Å². The zero-order chi connectivity index (χ0) is 13.3. The molecule has 0 saturated carbocycles. The predicted octanol–water partition coefficient (Wildman–Crippen LogP) is 3.17. The fourth-order valence-corrected chi connectivity index (χ4v) is 1.60. The maximum atomic E-state index is 12.9. The Morgan fingerprint density at radius 2 is 2.06 bits per heavy atom. The molecule has 4 nitrogen and oxygen atoms in total. The van der Waals surface area contributed by atoms with Crippen LogP contribution in [-0.4, -0.2) is 15.2 Å². The maximum absolute atomic E-state index is 12.9. The lowest BCUT2D eigenvalue weighted by Gasteiger charge is -2.14. The van der Waals surface area contributed by atoms with Gasteiger partial charge < -0.3 is 9.63 Å². The van der Waals surface area contributed by atoms with Gasteiger partial charge in [0.1, 0.15) is 11.6 Å². The average molecular weight is 250 g/mol. The van der Waals surface area contributed by atoms with Crippen LogP contribution in [0.1, 0.15) is 26.6 Å². The summed E-state index contributed by atoms with van der Waals surface area (Å²) in [5.74, 6) is 0.0552. The second-order valence-corrected chi connectivity index (χ2v) is 5.41. The van der Waals surface area contributed by atoms with E-state index in [0.717, 1.165) is 6.07 Å². The normalized spacial score (nSPS) is 11.8. The Bertz CT molecular complexity index is 558. The topological polar surface area (TPSA) is 59.2 Å². The molecule has 96 valence electrons. The minimum atomic E-state index is -0.509. The molecule has 1 aromatic heterocycles.